The lowest BCUT2D eigenvalue weighted by molar-refractivity contribution is -0.147. The number of benzene rings is 1. The number of morpholine rings is 2. The van der Waals surface area contributed by atoms with Crippen LogP contribution in [0.1, 0.15) is 18.6 Å². The lowest BCUT2D eigenvalue weighted by atomic mass is 10.1. The Morgan fingerprint density at radius 2 is 2.14 bits per heavy atom. The van der Waals surface area contributed by atoms with E-state index in [1.54, 1.807) is 0 Å². The van der Waals surface area contributed by atoms with Crippen LogP contribution in [0.5, 0.6) is 0 Å². The van der Waals surface area contributed by atoms with E-state index in [2.05, 4.69) is 5.32 Å². The topological polar surface area (TPSA) is 50.8 Å². The van der Waals surface area contributed by atoms with Gasteiger partial charge in [0.1, 0.15) is 12.1 Å². The molecule has 5 nitrogen and oxygen atoms in total. The number of ether oxygens (including phenoxy) is 2. The molecule has 0 spiro atoms. The van der Waals surface area contributed by atoms with Crippen molar-refractivity contribution in [2.45, 2.75) is 25.2 Å². The standard InChI is InChI=1S/C16H21ClN2O3/c1-11-15(18-6-8-21-11)16(20)19-7-9-22-14(10-19)12-4-2-3-5-13(12)17/h2-5,11,14-15,18H,6-10H2,1H3/t11-,14?,15+/m1/s1. The van der Waals surface area contributed by atoms with Crippen molar-refractivity contribution in [2.75, 3.05) is 32.8 Å². The van der Waals surface area contributed by atoms with Crippen LogP contribution in [0.2, 0.25) is 5.02 Å². The summed E-state index contributed by atoms with van der Waals surface area (Å²) < 4.78 is 11.4. The zero-order valence-corrected chi connectivity index (χ0v) is 13.4. The van der Waals surface area contributed by atoms with Crippen molar-refractivity contribution in [3.8, 4) is 0 Å². The predicted molar refractivity (Wildman–Crippen MR) is 83.9 cm³/mol. The molecule has 6 heteroatoms. The Morgan fingerprint density at radius 3 is 2.91 bits per heavy atom. The summed E-state index contributed by atoms with van der Waals surface area (Å²) in [6.07, 6.45) is -0.283. The first kappa shape index (κ1) is 15.7. The molecule has 2 aliphatic rings. The van der Waals surface area contributed by atoms with Crippen molar-refractivity contribution in [3.63, 3.8) is 0 Å². The third-order valence-electron chi connectivity index (χ3n) is 4.21. The van der Waals surface area contributed by atoms with Crippen LogP contribution in [-0.2, 0) is 14.3 Å². The van der Waals surface area contributed by atoms with Crippen molar-refractivity contribution in [1.29, 1.82) is 0 Å². The van der Waals surface area contributed by atoms with Gasteiger partial charge >= 0.3 is 0 Å². The Hall–Kier alpha value is -1.14. The van der Waals surface area contributed by atoms with Crippen molar-refractivity contribution in [1.82, 2.24) is 10.2 Å². The van der Waals surface area contributed by atoms with Gasteiger partial charge < -0.3 is 19.7 Å². The minimum Gasteiger partial charge on any atom is -0.375 e. The highest BCUT2D eigenvalue weighted by molar-refractivity contribution is 6.31. The highest BCUT2D eigenvalue weighted by atomic mass is 35.5. The van der Waals surface area contributed by atoms with E-state index >= 15 is 0 Å². The summed E-state index contributed by atoms with van der Waals surface area (Å²) in [5.41, 5.74) is 0.933. The molecule has 2 aliphatic heterocycles. The number of halogens is 1. The summed E-state index contributed by atoms with van der Waals surface area (Å²) in [6.45, 7) is 4.93. The van der Waals surface area contributed by atoms with Gasteiger partial charge in [0.2, 0.25) is 5.91 Å². The number of hydrogen-bond acceptors (Lipinski definition) is 4. The van der Waals surface area contributed by atoms with E-state index in [1.807, 2.05) is 36.1 Å². The monoisotopic (exact) mass is 324 g/mol. The van der Waals surface area contributed by atoms with E-state index in [-0.39, 0.29) is 24.2 Å². The molecular formula is C16H21ClN2O3. The molecule has 22 heavy (non-hydrogen) atoms. The molecule has 3 atom stereocenters. The van der Waals surface area contributed by atoms with E-state index in [0.717, 1.165) is 5.56 Å². The summed E-state index contributed by atoms with van der Waals surface area (Å²) >= 11 is 6.24. The predicted octanol–water partition coefficient (Wildman–Crippen LogP) is 1.62. The van der Waals surface area contributed by atoms with Gasteiger partial charge in [-0.25, -0.2) is 0 Å². The molecule has 3 rings (SSSR count). The lowest BCUT2D eigenvalue weighted by Crippen LogP contribution is -2.58. The van der Waals surface area contributed by atoms with Gasteiger partial charge in [-0.1, -0.05) is 29.8 Å². The van der Waals surface area contributed by atoms with Crippen LogP contribution in [0, 0.1) is 0 Å². The summed E-state index contributed by atoms with van der Waals surface area (Å²) in [6, 6.07) is 7.34. The Labute approximate surface area is 135 Å². The van der Waals surface area contributed by atoms with Crippen LogP contribution in [-0.4, -0.2) is 55.8 Å². The van der Waals surface area contributed by atoms with Gasteiger partial charge in [0, 0.05) is 23.7 Å². The second-order valence-electron chi connectivity index (χ2n) is 5.67. The third-order valence-corrected chi connectivity index (χ3v) is 4.56. The fourth-order valence-electron chi connectivity index (χ4n) is 2.98. The van der Waals surface area contributed by atoms with Gasteiger partial charge in [0.05, 0.1) is 25.9 Å². The molecule has 1 aromatic rings. The molecule has 0 aromatic heterocycles. The van der Waals surface area contributed by atoms with E-state index in [0.29, 0.717) is 37.9 Å². The number of carbonyl (C=O) groups is 1. The van der Waals surface area contributed by atoms with Crippen LogP contribution < -0.4 is 5.32 Å². The number of amides is 1. The second-order valence-corrected chi connectivity index (χ2v) is 6.08. The molecule has 2 heterocycles. The number of nitrogens with one attached hydrogen (secondary N) is 1. The molecule has 0 aliphatic carbocycles. The average Bonchev–Trinajstić information content (AvgIpc) is 2.55. The normalized spacial score (nSPS) is 29.4. The van der Waals surface area contributed by atoms with Crippen LogP contribution in [0.4, 0.5) is 0 Å². The molecule has 1 unspecified atom stereocenters. The number of carbonyl (C=O) groups excluding carboxylic acids is 1. The Kier molecular flexibility index (Phi) is 4.98. The molecule has 0 saturated carbocycles. The SMILES string of the molecule is C[C@H]1OCCN[C@@H]1C(=O)N1CCOC(c2ccccc2Cl)C1. The minimum absolute atomic E-state index is 0.0764. The molecule has 1 amide bonds. The first-order chi connectivity index (χ1) is 10.7. The van der Waals surface area contributed by atoms with E-state index < -0.39 is 0 Å². The van der Waals surface area contributed by atoms with Crippen molar-refractivity contribution < 1.29 is 14.3 Å². The van der Waals surface area contributed by atoms with Gasteiger partial charge in [-0.3, -0.25) is 4.79 Å². The molecular weight excluding hydrogens is 304 g/mol. The summed E-state index contributed by atoms with van der Waals surface area (Å²) in [7, 11) is 0. The largest absolute Gasteiger partial charge is 0.375 e. The van der Waals surface area contributed by atoms with Gasteiger partial charge in [0.25, 0.3) is 0 Å². The summed E-state index contributed by atoms with van der Waals surface area (Å²) in [4.78, 5) is 14.6. The van der Waals surface area contributed by atoms with Crippen LogP contribution in [0.15, 0.2) is 24.3 Å². The summed E-state index contributed by atoms with van der Waals surface area (Å²) in [5, 5.41) is 3.92. The van der Waals surface area contributed by atoms with E-state index in [4.69, 9.17) is 21.1 Å². The molecule has 0 radical (unpaired) electrons. The number of hydrogen-bond donors (Lipinski definition) is 1. The number of nitrogens with zero attached hydrogens (tertiary/aromatic N) is 1. The molecule has 2 fully saturated rings. The third kappa shape index (κ3) is 3.27. The molecule has 2 saturated heterocycles. The molecule has 120 valence electrons. The zero-order valence-electron chi connectivity index (χ0n) is 12.6. The highest BCUT2D eigenvalue weighted by Gasteiger charge is 2.34. The Morgan fingerprint density at radius 1 is 1.32 bits per heavy atom. The number of rotatable bonds is 2. The fourth-order valence-corrected chi connectivity index (χ4v) is 3.24. The molecule has 1 N–H and O–H groups in total. The Bertz CT molecular complexity index is 540. The van der Waals surface area contributed by atoms with Gasteiger partial charge in [-0.15, -0.1) is 0 Å². The van der Waals surface area contributed by atoms with Crippen LogP contribution in [0.3, 0.4) is 0 Å². The zero-order chi connectivity index (χ0) is 15.5. The van der Waals surface area contributed by atoms with Crippen LogP contribution in [0.25, 0.3) is 0 Å². The van der Waals surface area contributed by atoms with Gasteiger partial charge in [0.15, 0.2) is 0 Å². The molecule has 0 bridgehead atoms. The highest BCUT2D eigenvalue weighted by Crippen LogP contribution is 2.28. The first-order valence-corrected chi connectivity index (χ1v) is 8.04. The maximum atomic E-state index is 12.7. The van der Waals surface area contributed by atoms with E-state index in [9.17, 15) is 4.79 Å². The van der Waals surface area contributed by atoms with Crippen molar-refractivity contribution >= 4 is 17.5 Å². The van der Waals surface area contributed by atoms with E-state index in [1.165, 1.54) is 0 Å². The van der Waals surface area contributed by atoms with Crippen molar-refractivity contribution in [2.24, 2.45) is 0 Å². The summed E-state index contributed by atoms with van der Waals surface area (Å²) in [5.74, 6) is 0.0764. The minimum atomic E-state index is -0.279. The maximum Gasteiger partial charge on any atom is 0.242 e. The maximum absolute atomic E-state index is 12.7. The lowest BCUT2D eigenvalue weighted by Gasteiger charge is -2.38. The van der Waals surface area contributed by atoms with Crippen LogP contribution >= 0.6 is 11.6 Å². The van der Waals surface area contributed by atoms with Crippen molar-refractivity contribution in [3.05, 3.63) is 34.9 Å². The fraction of sp³-hybridized carbons (Fsp3) is 0.562. The van der Waals surface area contributed by atoms with Gasteiger partial charge in [-0.2, -0.15) is 0 Å². The second kappa shape index (κ2) is 6.96. The Balaban J connectivity index is 1.70. The smallest absolute Gasteiger partial charge is 0.242 e. The average molecular weight is 325 g/mol. The first-order valence-electron chi connectivity index (χ1n) is 7.66. The van der Waals surface area contributed by atoms with Gasteiger partial charge in [-0.05, 0) is 13.0 Å². The quantitative estimate of drug-likeness (QED) is 0.898. The molecule has 1 aromatic carbocycles.